The second-order valence-electron chi connectivity index (χ2n) is 33.0. The Kier molecular flexibility index (Phi) is 43.6. The number of ether oxygens (including phenoxy) is 12. The van der Waals surface area contributed by atoms with Gasteiger partial charge in [-0.05, 0) is 87.4 Å². The zero-order chi connectivity index (χ0) is 105. The molecule has 8 unspecified atom stereocenters. The van der Waals surface area contributed by atoms with Gasteiger partial charge in [0, 0.05) is 165 Å². The molecule has 4 aromatic carbocycles. The number of aromatic nitrogens is 4. The second kappa shape index (κ2) is 56.6. The summed E-state index contributed by atoms with van der Waals surface area (Å²) in [4.78, 5) is 141. The first-order chi connectivity index (χ1) is 71.4. The minimum Gasteiger partial charge on any atom is -0.480 e. The van der Waals surface area contributed by atoms with E-state index in [1.54, 1.807) is 64.6 Å². The van der Waals surface area contributed by atoms with Crippen LogP contribution < -0.4 is 21.3 Å². The number of nitrogens with zero attached hydrogens (tertiary/aromatic N) is 12. The summed E-state index contributed by atoms with van der Waals surface area (Å²) >= 11 is 25.2. The average Bonchev–Trinajstić information content (AvgIpc) is 1.09. The molecule has 8 atom stereocenters. The van der Waals surface area contributed by atoms with Crippen LogP contribution in [0.25, 0.3) is 0 Å². The van der Waals surface area contributed by atoms with Crippen molar-refractivity contribution in [1.29, 1.82) is 0 Å². The lowest BCUT2D eigenvalue weighted by atomic mass is 9.95. The number of amidine groups is 4. The molecule has 792 valence electrons. The molecule has 0 aliphatic carbocycles. The van der Waals surface area contributed by atoms with Crippen molar-refractivity contribution < 1.29 is 133 Å². The highest BCUT2D eigenvalue weighted by Gasteiger charge is 2.43. The summed E-state index contributed by atoms with van der Waals surface area (Å²) < 4.78 is 122. The number of thiazole rings is 4. The van der Waals surface area contributed by atoms with Crippen molar-refractivity contribution in [3.63, 3.8) is 0 Å². The number of halogens is 8. The lowest BCUT2D eigenvalue weighted by Gasteiger charge is -2.37. The smallest absolute Gasteiger partial charge is 0.338 e. The minimum atomic E-state index is -1.06. The van der Waals surface area contributed by atoms with Crippen LogP contribution in [0.15, 0.2) is 193 Å². The van der Waals surface area contributed by atoms with E-state index in [9.17, 15) is 55.9 Å². The molecule has 40 nitrogen and oxygen atoms in total. The van der Waals surface area contributed by atoms with Crippen LogP contribution in [0.4, 0.5) is 17.6 Å². The van der Waals surface area contributed by atoms with Crippen LogP contribution in [0, 0.1) is 23.3 Å². The molecule has 4 saturated heterocycles. The Morgan fingerprint density at radius 1 is 0.399 bits per heavy atom. The first kappa shape index (κ1) is 114. The van der Waals surface area contributed by atoms with Crippen LogP contribution in [0.2, 0.25) is 10.0 Å². The van der Waals surface area contributed by atoms with Gasteiger partial charge in [-0.3, -0.25) is 39.6 Å². The lowest BCUT2D eigenvalue weighted by molar-refractivity contribution is -0.145. The van der Waals surface area contributed by atoms with Crippen LogP contribution in [0.1, 0.15) is 94.1 Å². The summed E-state index contributed by atoms with van der Waals surface area (Å²) in [7, 11) is 0. The third-order valence-electron chi connectivity index (χ3n) is 22.8. The maximum absolute atomic E-state index is 13.9. The predicted octanol–water partition coefficient (Wildman–Crippen LogP) is 10.8. The second-order valence-corrected chi connectivity index (χ2v) is 39.1. The molecule has 52 heteroatoms. The van der Waals surface area contributed by atoms with Gasteiger partial charge in [0.1, 0.15) is 73.9 Å². The van der Waals surface area contributed by atoms with Crippen LogP contribution in [0.5, 0.6) is 0 Å². The monoisotopic (exact) mass is 2300 g/mol. The fraction of sp³-hybridized carbons (Fsp3) is 0.417. The van der Waals surface area contributed by atoms with Gasteiger partial charge in [0.2, 0.25) is 0 Å². The standard InChI is InChI=1S/2C24H26BrFN4O6S.2C24H26ClFN4O6S/c1-2-36-24(33)20-18(10-30-6-7-34-11-15(30)12-35-13-19(31)32)28-22(23-27-5-8-37-23)29-21(20)16-4-3-14(26)9-17(16)25;1-2-35-24(33)20-18(11-30-6-7-36-15(10-30)12-34-13-19(31)32)28-22(23-27-5-8-37-23)29-21(20)16-4-3-14(26)9-17(16)25;1-2-36-24(33)20-18(10-30-6-7-34-11-15(30)12-35-13-19(31)32)28-22(23-27-5-8-37-23)29-21(20)16-4-3-14(26)9-17(16)25;1-2-35-24(33)20-18(11-30-6-7-36-15(10-30)12-34-13-19(31)32)28-22(23-27-5-8-37-23)29-21(20)16-4-3-14(26)9-17(16)25/h4*3-5,8-9,15,21H,2,6-7,10-13H2,1H3,(H,28,29)(H,31,32). The van der Waals surface area contributed by atoms with Crippen molar-refractivity contribution in [2.24, 2.45) is 20.0 Å². The molecule has 12 heterocycles. The Morgan fingerprint density at radius 3 is 0.959 bits per heavy atom. The summed E-state index contributed by atoms with van der Waals surface area (Å²) in [6, 6.07) is 12.7. The zero-order valence-corrected chi connectivity index (χ0v) is 87.9. The highest BCUT2D eigenvalue weighted by molar-refractivity contribution is 9.10. The van der Waals surface area contributed by atoms with E-state index in [2.05, 4.69) is 87.8 Å². The minimum absolute atomic E-state index is 0.125. The van der Waals surface area contributed by atoms with E-state index in [1.165, 1.54) is 106 Å². The molecule has 8 aromatic rings. The third-order valence-corrected chi connectivity index (χ3v) is 28.0. The van der Waals surface area contributed by atoms with E-state index < -0.39 is 122 Å². The van der Waals surface area contributed by atoms with Gasteiger partial charge in [0.25, 0.3) is 0 Å². The number of hydrogen-bond acceptors (Lipinski definition) is 40. The number of carboxylic acids is 4. The summed E-state index contributed by atoms with van der Waals surface area (Å²) in [5.74, 6) is -6.40. The molecule has 0 saturated carbocycles. The van der Waals surface area contributed by atoms with E-state index in [0.29, 0.717) is 201 Å². The number of carbonyl (C=O) groups excluding carboxylic acids is 4. The number of carbonyl (C=O) groups is 8. The lowest BCUT2D eigenvalue weighted by Crippen LogP contribution is -2.51. The van der Waals surface area contributed by atoms with Gasteiger partial charge >= 0.3 is 47.8 Å². The Morgan fingerprint density at radius 2 is 0.682 bits per heavy atom. The number of benzene rings is 4. The number of hydrogen-bond donors (Lipinski definition) is 8. The van der Waals surface area contributed by atoms with E-state index in [0.717, 1.165) is 0 Å². The topological polar surface area (TPSA) is 490 Å². The van der Waals surface area contributed by atoms with Gasteiger partial charge in [-0.25, -0.2) is 75.9 Å². The number of morpholine rings is 4. The molecule has 8 N–H and O–H groups in total. The molecule has 0 radical (unpaired) electrons. The van der Waals surface area contributed by atoms with Gasteiger partial charge in [0.05, 0.1) is 139 Å². The number of aliphatic imine (C=N–C) groups is 4. The number of rotatable bonds is 40. The van der Waals surface area contributed by atoms with Gasteiger partial charge in [-0.1, -0.05) is 79.3 Å². The van der Waals surface area contributed by atoms with Gasteiger partial charge < -0.3 is 98.5 Å². The normalized spacial score (nSPS) is 20.4. The van der Waals surface area contributed by atoms with E-state index >= 15 is 0 Å². The first-order valence-electron chi connectivity index (χ1n) is 46.3. The Labute approximate surface area is 888 Å². The van der Waals surface area contributed by atoms with Crippen molar-refractivity contribution in [2.45, 2.75) is 76.2 Å². The maximum Gasteiger partial charge on any atom is 0.338 e. The van der Waals surface area contributed by atoms with Crippen molar-refractivity contribution in [2.75, 3.05) is 184 Å². The SMILES string of the molecule is CCOC(=O)C1=C(CN2CCOC(COCC(=O)O)C2)NC(c2nccs2)=NC1c1ccc(F)cc1Br.CCOC(=O)C1=C(CN2CCOC(COCC(=O)O)C2)NC(c2nccs2)=NC1c1ccc(F)cc1Cl.CCOC(=O)C1=C(CN2CCOCC2COCC(=O)O)NC(c2nccs2)=NC1c1ccc(F)cc1Br.CCOC(=O)C1=C(CN2CCOCC2COCC(=O)O)NC(c2nccs2)=NC1c1ccc(F)cc1Cl. The fourth-order valence-corrected chi connectivity index (χ4v) is 20.4. The molecule has 8 aliphatic rings. The molecular weight excluding hydrogens is 2200 g/mol. The molecule has 4 aromatic heterocycles. The Bertz CT molecular complexity index is 5870. The largest absolute Gasteiger partial charge is 0.480 e. The molecular formula is C96H104Br2Cl2F4N16O24S4. The quantitative estimate of drug-likeness (QED) is 0.0100. The summed E-state index contributed by atoms with van der Waals surface area (Å²) in [6.45, 7) is 13.2. The van der Waals surface area contributed by atoms with Gasteiger partial charge in [0.15, 0.2) is 43.4 Å². The Balaban J connectivity index is 0.000000165. The van der Waals surface area contributed by atoms with Gasteiger partial charge in [-0.15, -0.1) is 45.3 Å². The van der Waals surface area contributed by atoms with Crippen LogP contribution >= 0.6 is 100 Å². The van der Waals surface area contributed by atoms with Crippen LogP contribution in [0.3, 0.4) is 0 Å². The predicted molar refractivity (Wildman–Crippen MR) is 542 cm³/mol. The van der Waals surface area contributed by atoms with Crippen molar-refractivity contribution >= 4 is 172 Å². The molecule has 8 aliphatic heterocycles. The van der Waals surface area contributed by atoms with Crippen molar-refractivity contribution in [3.05, 3.63) is 249 Å². The van der Waals surface area contributed by atoms with Crippen molar-refractivity contribution in [3.8, 4) is 0 Å². The first-order valence-corrected chi connectivity index (χ1v) is 52.2. The molecule has 0 spiro atoms. The van der Waals surface area contributed by atoms with E-state index in [1.807, 2.05) is 26.4 Å². The fourth-order valence-electron chi connectivity index (χ4n) is 16.4. The molecule has 0 amide bonds. The average molecular weight is 2300 g/mol. The van der Waals surface area contributed by atoms with E-state index in [-0.39, 0.29) is 111 Å². The van der Waals surface area contributed by atoms with E-state index in [4.69, 9.17) is 120 Å². The maximum atomic E-state index is 13.9. The molecule has 148 heavy (non-hydrogen) atoms. The van der Waals surface area contributed by atoms with Crippen LogP contribution in [-0.2, 0) is 95.2 Å². The zero-order valence-electron chi connectivity index (χ0n) is 79.9. The molecule has 0 bridgehead atoms. The number of nitrogens with one attached hydrogen (secondary N) is 4. The summed E-state index contributed by atoms with van der Waals surface area (Å²) in [5.41, 5.74) is 5.46. The number of aliphatic carboxylic acids is 4. The third kappa shape index (κ3) is 31.9. The number of esters is 4. The van der Waals surface area contributed by atoms with Crippen LogP contribution in [-0.4, -0.2) is 340 Å². The highest BCUT2D eigenvalue weighted by atomic mass is 79.9. The summed E-state index contributed by atoms with van der Waals surface area (Å²) in [6.07, 6.45) is 5.97. The molecule has 16 rings (SSSR count). The van der Waals surface area contributed by atoms with Gasteiger partial charge in [-0.2, -0.15) is 0 Å². The highest BCUT2D eigenvalue weighted by Crippen LogP contribution is 2.43. The Hall–Kier alpha value is -11.2. The van der Waals surface area contributed by atoms with Crippen molar-refractivity contribution in [1.82, 2.24) is 60.8 Å². The summed E-state index contributed by atoms with van der Waals surface area (Å²) in [5, 5.41) is 58.6. The number of carboxylic acid groups (broad SMARTS) is 4. The molecule has 4 fully saturated rings.